The van der Waals surface area contributed by atoms with Crippen LogP contribution in [0, 0.1) is 0 Å². The van der Waals surface area contributed by atoms with Gasteiger partial charge in [-0.2, -0.15) is 0 Å². The summed E-state index contributed by atoms with van der Waals surface area (Å²) in [6.45, 7) is 5.97. The summed E-state index contributed by atoms with van der Waals surface area (Å²) in [5.41, 5.74) is 4.62. The summed E-state index contributed by atoms with van der Waals surface area (Å²) in [6, 6.07) is 15.0. The Morgan fingerprint density at radius 1 is 0.974 bits per heavy atom. The first-order valence-electron chi connectivity index (χ1n) is 12.8. The van der Waals surface area contributed by atoms with Gasteiger partial charge in [0, 0.05) is 68.3 Å². The highest BCUT2D eigenvalue weighted by atomic mass is 35.5. The lowest BCUT2D eigenvalue weighted by Gasteiger charge is -2.36. The number of ether oxygens (including phenoxy) is 3. The molecule has 2 aromatic carbocycles. The third-order valence-corrected chi connectivity index (χ3v) is 7.46. The highest BCUT2D eigenvalue weighted by Crippen LogP contribution is 2.39. The molecule has 0 atom stereocenters. The molecule has 3 heterocycles. The van der Waals surface area contributed by atoms with Crippen LogP contribution in [0.15, 0.2) is 53.5 Å². The number of rotatable bonds is 8. The average molecular weight is 550 g/mol. The van der Waals surface area contributed by atoms with Gasteiger partial charge in [0.1, 0.15) is 17.3 Å². The Morgan fingerprint density at radius 2 is 1.74 bits per heavy atom. The molecule has 2 aliphatic rings. The molecule has 10 heteroatoms. The number of carbonyl (C=O) groups excluding carboxylic acids is 1. The lowest BCUT2D eigenvalue weighted by atomic mass is 10.1. The van der Waals surface area contributed by atoms with Crippen molar-refractivity contribution in [2.45, 2.75) is 6.54 Å². The molecule has 1 fully saturated rings. The van der Waals surface area contributed by atoms with Crippen molar-refractivity contribution in [1.29, 1.82) is 0 Å². The fraction of sp³-hybridized carbons (Fsp3) is 0.345. The molecule has 204 valence electrons. The molecule has 0 spiro atoms. The molecule has 0 unspecified atom stereocenters. The summed E-state index contributed by atoms with van der Waals surface area (Å²) in [6.07, 6.45) is 0. The Hall–Kier alpha value is -3.66. The molecule has 0 saturated carbocycles. The summed E-state index contributed by atoms with van der Waals surface area (Å²) in [7, 11) is 4.88. The number of halogens is 1. The molecule has 3 aromatic rings. The van der Waals surface area contributed by atoms with Gasteiger partial charge in [-0.3, -0.25) is 19.7 Å². The monoisotopic (exact) mass is 549 g/mol. The number of benzene rings is 2. The predicted molar refractivity (Wildman–Crippen MR) is 152 cm³/mol. The number of hydrogen-bond acceptors (Lipinski definition) is 8. The van der Waals surface area contributed by atoms with Gasteiger partial charge in [0.15, 0.2) is 0 Å². The van der Waals surface area contributed by atoms with E-state index in [1.807, 2.05) is 42.5 Å². The zero-order valence-corrected chi connectivity index (χ0v) is 23.1. The normalized spacial score (nSPS) is 15.1. The van der Waals surface area contributed by atoms with E-state index in [-0.39, 0.29) is 5.91 Å². The van der Waals surface area contributed by atoms with Crippen molar-refractivity contribution >= 4 is 29.0 Å². The third-order valence-electron chi connectivity index (χ3n) is 7.07. The van der Waals surface area contributed by atoms with Crippen LogP contribution in [-0.2, 0) is 11.3 Å². The van der Waals surface area contributed by atoms with Crippen molar-refractivity contribution in [1.82, 2.24) is 15.2 Å². The quantitative estimate of drug-likeness (QED) is 0.456. The van der Waals surface area contributed by atoms with Crippen LogP contribution in [0.4, 0.5) is 5.69 Å². The number of carbonyl (C=O) groups is 1. The molecule has 9 nitrogen and oxygen atoms in total. The third kappa shape index (κ3) is 5.85. The van der Waals surface area contributed by atoms with E-state index in [1.165, 1.54) is 0 Å². The van der Waals surface area contributed by atoms with Gasteiger partial charge in [0.05, 0.1) is 43.8 Å². The molecule has 2 aliphatic heterocycles. The Bertz CT molecular complexity index is 1370. The van der Waals surface area contributed by atoms with Crippen molar-refractivity contribution in [3.05, 3.63) is 70.4 Å². The predicted octanol–water partition coefficient (Wildman–Crippen LogP) is 3.88. The summed E-state index contributed by atoms with van der Waals surface area (Å²) < 4.78 is 16.0. The molecule has 1 saturated heterocycles. The van der Waals surface area contributed by atoms with Crippen molar-refractivity contribution < 1.29 is 19.0 Å². The van der Waals surface area contributed by atoms with Crippen molar-refractivity contribution in [3.8, 4) is 22.8 Å². The lowest BCUT2D eigenvalue weighted by Crippen LogP contribution is -2.47. The molecular formula is C29H32ClN5O4. The van der Waals surface area contributed by atoms with Crippen LogP contribution in [0.5, 0.6) is 11.5 Å². The second kappa shape index (κ2) is 12.0. The minimum atomic E-state index is -0.206. The number of methoxy groups -OCH3 is 3. The standard InChI is InChI=1S/C29H32ClN5O4/c1-37-15-14-34-10-12-35(13-11-34)20-6-4-19(5-7-20)29(36)33-28-22-8-9-24(32-25(22)18-31-28)23-16-21(38-2)17-26(39-3)27(23)30/h4-9,16-17H,10-15,18H2,1-3H3,(H,31,33,36). The molecule has 0 radical (unpaired) electrons. The van der Waals surface area contributed by atoms with Gasteiger partial charge in [-0.05, 0) is 42.5 Å². The van der Waals surface area contributed by atoms with Crippen molar-refractivity contribution in [2.75, 3.05) is 65.6 Å². The Labute approximate surface area is 233 Å². The molecule has 0 aliphatic carbocycles. The van der Waals surface area contributed by atoms with E-state index in [2.05, 4.69) is 20.1 Å². The fourth-order valence-electron chi connectivity index (χ4n) is 4.81. The number of anilines is 1. The Kier molecular flexibility index (Phi) is 8.30. The number of pyridine rings is 1. The van der Waals surface area contributed by atoms with Gasteiger partial charge in [-0.25, -0.2) is 0 Å². The van der Waals surface area contributed by atoms with E-state index in [1.54, 1.807) is 27.4 Å². The van der Waals surface area contributed by atoms with E-state index in [0.717, 1.165) is 56.3 Å². The maximum Gasteiger partial charge on any atom is 0.256 e. The summed E-state index contributed by atoms with van der Waals surface area (Å²) in [5.74, 6) is 1.43. The number of hydrogen-bond donors (Lipinski definition) is 1. The summed E-state index contributed by atoms with van der Waals surface area (Å²) in [5, 5.41) is 3.41. The number of aliphatic imine (C=N–C) groups is 1. The van der Waals surface area contributed by atoms with Gasteiger partial charge >= 0.3 is 0 Å². The molecule has 5 rings (SSSR count). The molecule has 0 bridgehead atoms. The van der Waals surface area contributed by atoms with Crippen LogP contribution in [0.2, 0.25) is 5.02 Å². The second-order valence-corrected chi connectivity index (χ2v) is 9.75. The minimum absolute atomic E-state index is 0.206. The number of amidine groups is 1. The van der Waals surface area contributed by atoms with Crippen LogP contribution >= 0.6 is 11.6 Å². The van der Waals surface area contributed by atoms with E-state index >= 15 is 0 Å². The van der Waals surface area contributed by atoms with Crippen LogP contribution < -0.4 is 19.7 Å². The molecule has 1 N–H and O–H groups in total. The number of fused-ring (bicyclic) bond motifs is 1. The maximum absolute atomic E-state index is 13.0. The first kappa shape index (κ1) is 26.9. The van der Waals surface area contributed by atoms with E-state index in [0.29, 0.717) is 45.7 Å². The largest absolute Gasteiger partial charge is 0.497 e. The Morgan fingerprint density at radius 3 is 2.44 bits per heavy atom. The molecule has 1 aromatic heterocycles. The molecular weight excluding hydrogens is 518 g/mol. The van der Waals surface area contributed by atoms with Crippen LogP contribution in [-0.4, -0.2) is 82.3 Å². The van der Waals surface area contributed by atoms with Gasteiger partial charge in [0.2, 0.25) is 0 Å². The molecule has 1 amide bonds. The molecule has 39 heavy (non-hydrogen) atoms. The zero-order chi connectivity index (χ0) is 27.4. The van der Waals surface area contributed by atoms with Gasteiger partial charge in [0.25, 0.3) is 5.91 Å². The van der Waals surface area contributed by atoms with Crippen LogP contribution in [0.1, 0.15) is 21.6 Å². The average Bonchev–Trinajstić information content (AvgIpc) is 3.38. The van der Waals surface area contributed by atoms with E-state index in [9.17, 15) is 4.79 Å². The summed E-state index contributed by atoms with van der Waals surface area (Å²) in [4.78, 5) is 27.1. The van der Waals surface area contributed by atoms with Crippen LogP contribution in [0.25, 0.3) is 11.3 Å². The number of nitrogens with one attached hydrogen (secondary N) is 1. The number of piperazine rings is 1. The van der Waals surface area contributed by atoms with Crippen molar-refractivity contribution in [2.24, 2.45) is 4.99 Å². The van der Waals surface area contributed by atoms with Gasteiger partial charge in [-0.15, -0.1) is 0 Å². The van der Waals surface area contributed by atoms with Gasteiger partial charge < -0.3 is 24.4 Å². The Balaban J connectivity index is 1.24. The van der Waals surface area contributed by atoms with Crippen LogP contribution in [0.3, 0.4) is 0 Å². The number of amides is 1. The van der Waals surface area contributed by atoms with E-state index in [4.69, 9.17) is 30.8 Å². The fourth-order valence-corrected chi connectivity index (χ4v) is 5.10. The first-order valence-corrected chi connectivity index (χ1v) is 13.2. The smallest absolute Gasteiger partial charge is 0.256 e. The zero-order valence-electron chi connectivity index (χ0n) is 22.4. The van der Waals surface area contributed by atoms with E-state index < -0.39 is 0 Å². The topological polar surface area (TPSA) is 88.5 Å². The highest BCUT2D eigenvalue weighted by Gasteiger charge is 2.23. The lowest BCUT2D eigenvalue weighted by molar-refractivity contribution is 0.0977. The summed E-state index contributed by atoms with van der Waals surface area (Å²) >= 11 is 6.56. The highest BCUT2D eigenvalue weighted by molar-refractivity contribution is 6.34. The SMILES string of the molecule is COCCN1CCN(c2ccc(C(=O)NC3=NCc4nc(-c5cc(OC)cc(OC)c5Cl)ccc43)cc2)CC1. The number of aromatic nitrogens is 1. The second-order valence-electron chi connectivity index (χ2n) is 9.37. The van der Waals surface area contributed by atoms with Gasteiger partial charge in [-0.1, -0.05) is 11.6 Å². The number of nitrogens with zero attached hydrogens (tertiary/aromatic N) is 4. The minimum Gasteiger partial charge on any atom is -0.497 e. The van der Waals surface area contributed by atoms with Crippen molar-refractivity contribution in [3.63, 3.8) is 0 Å². The first-order chi connectivity index (χ1) is 19.0. The maximum atomic E-state index is 13.0.